The Bertz CT molecular complexity index is 2440. The maximum atomic E-state index is 4.05. The molecule has 272 valence electrons. The minimum absolute atomic E-state index is 0.316. The molecule has 1 unspecified atom stereocenters. The summed E-state index contributed by atoms with van der Waals surface area (Å²) >= 11 is 0. The Hall–Kier alpha value is -6.38. The van der Waals surface area contributed by atoms with Gasteiger partial charge in [0.1, 0.15) is 0 Å². The highest BCUT2D eigenvalue weighted by Crippen LogP contribution is 2.36. The van der Waals surface area contributed by atoms with Crippen LogP contribution in [0.25, 0.3) is 34.0 Å². The molecule has 2 aliphatic rings. The Morgan fingerprint density at radius 1 is 0.673 bits per heavy atom. The summed E-state index contributed by atoms with van der Waals surface area (Å²) in [6.45, 7) is 10.5. The number of nitrogens with zero attached hydrogens (tertiary/aromatic N) is 2. The predicted octanol–water partition coefficient (Wildman–Crippen LogP) is 12.4. The van der Waals surface area contributed by atoms with E-state index in [9.17, 15) is 0 Å². The molecular formula is C53H50N2. The predicted molar refractivity (Wildman–Crippen MR) is 239 cm³/mol. The quantitative estimate of drug-likeness (QED) is 0.119. The first-order chi connectivity index (χ1) is 27.0. The highest BCUT2D eigenvalue weighted by Gasteiger charge is 2.27. The molecule has 0 saturated carbocycles. The van der Waals surface area contributed by atoms with Gasteiger partial charge in [0.25, 0.3) is 0 Å². The van der Waals surface area contributed by atoms with E-state index in [0.717, 1.165) is 34.6 Å². The van der Waals surface area contributed by atoms with Crippen molar-refractivity contribution >= 4 is 40.0 Å². The first-order valence-electron chi connectivity index (χ1n) is 19.4. The molecule has 55 heavy (non-hydrogen) atoms. The van der Waals surface area contributed by atoms with Crippen molar-refractivity contribution in [1.29, 1.82) is 0 Å². The van der Waals surface area contributed by atoms with Crippen molar-refractivity contribution in [2.24, 2.45) is 11.8 Å². The smallest absolute Gasteiger partial charge is 0.0458 e. The zero-order valence-corrected chi connectivity index (χ0v) is 32.4. The van der Waals surface area contributed by atoms with Crippen LogP contribution in [0, 0.1) is 11.8 Å². The van der Waals surface area contributed by atoms with Gasteiger partial charge < -0.3 is 9.80 Å². The number of benzene rings is 5. The molecule has 0 radical (unpaired) electrons. The first-order valence-corrected chi connectivity index (χ1v) is 19.4. The average Bonchev–Trinajstić information content (AvgIpc) is 3.24. The van der Waals surface area contributed by atoms with E-state index in [2.05, 4.69) is 219 Å². The molecular weight excluding hydrogens is 665 g/mol. The fraction of sp³-hybridized carbons (Fsp3) is 0.132. The number of anilines is 3. The lowest BCUT2D eigenvalue weighted by Gasteiger charge is -2.34. The molecule has 7 rings (SSSR count). The first kappa shape index (κ1) is 37.0. The van der Waals surface area contributed by atoms with E-state index in [1.807, 2.05) is 19.1 Å². The van der Waals surface area contributed by atoms with Gasteiger partial charge in [-0.3, -0.25) is 0 Å². The third kappa shape index (κ3) is 8.10. The second-order valence-electron chi connectivity index (χ2n) is 14.1. The molecule has 0 bridgehead atoms. The Kier molecular flexibility index (Phi) is 11.5. The van der Waals surface area contributed by atoms with E-state index in [1.165, 1.54) is 44.1 Å². The number of rotatable bonds is 12. The van der Waals surface area contributed by atoms with Crippen molar-refractivity contribution in [2.75, 3.05) is 16.8 Å². The number of hydrogen-bond donors (Lipinski definition) is 0. The minimum atomic E-state index is 0.316. The van der Waals surface area contributed by atoms with Crippen LogP contribution in [0.4, 0.5) is 17.1 Å². The summed E-state index contributed by atoms with van der Waals surface area (Å²) in [5.74, 6) is 0.682. The van der Waals surface area contributed by atoms with Crippen LogP contribution >= 0.6 is 0 Å². The molecule has 0 aliphatic heterocycles. The third-order valence-corrected chi connectivity index (χ3v) is 10.7. The van der Waals surface area contributed by atoms with Gasteiger partial charge in [0.2, 0.25) is 0 Å². The molecule has 0 saturated heterocycles. The second kappa shape index (κ2) is 17.2. The van der Waals surface area contributed by atoms with Crippen molar-refractivity contribution in [1.82, 2.24) is 0 Å². The monoisotopic (exact) mass is 714 g/mol. The maximum Gasteiger partial charge on any atom is 0.0458 e. The molecule has 5 aromatic carbocycles. The van der Waals surface area contributed by atoms with Crippen molar-refractivity contribution < 1.29 is 0 Å². The van der Waals surface area contributed by atoms with Crippen LogP contribution in [0.3, 0.4) is 0 Å². The number of allylic oxidation sites excluding steroid dienone is 12. The van der Waals surface area contributed by atoms with Gasteiger partial charge in [-0.1, -0.05) is 165 Å². The van der Waals surface area contributed by atoms with Crippen LogP contribution in [0.15, 0.2) is 200 Å². The number of hydrogen-bond acceptors (Lipinski definition) is 2. The SMILES string of the molecule is C=C/C(=C\C=C/C)c1ccc(N(/C(C)=C/C=C(\CC)c2ccc(N(C)C3=c4ccccc4=CC4C=CC=C[C@H]34)cc2)c2ccc(-c3ccccc3)cc2)cc1. The summed E-state index contributed by atoms with van der Waals surface area (Å²) in [6.07, 6.45) is 25.0. The molecule has 2 aliphatic carbocycles. The fourth-order valence-corrected chi connectivity index (χ4v) is 7.75. The lowest BCUT2D eigenvalue weighted by atomic mass is 9.80. The van der Waals surface area contributed by atoms with E-state index < -0.39 is 0 Å². The van der Waals surface area contributed by atoms with Gasteiger partial charge in [-0.2, -0.15) is 0 Å². The Morgan fingerprint density at radius 2 is 1.29 bits per heavy atom. The van der Waals surface area contributed by atoms with E-state index in [-0.39, 0.29) is 0 Å². The average molecular weight is 715 g/mol. The van der Waals surface area contributed by atoms with E-state index in [1.54, 1.807) is 0 Å². The number of fused-ring (bicyclic) bond motifs is 2. The highest BCUT2D eigenvalue weighted by molar-refractivity contribution is 5.79. The molecule has 0 heterocycles. The molecule has 2 nitrogen and oxygen atoms in total. The Balaban J connectivity index is 1.20. The lowest BCUT2D eigenvalue weighted by Crippen LogP contribution is -2.41. The van der Waals surface area contributed by atoms with Crippen LogP contribution in [0.5, 0.6) is 0 Å². The van der Waals surface area contributed by atoms with Crippen molar-refractivity contribution in [3.63, 3.8) is 0 Å². The Morgan fingerprint density at radius 3 is 1.98 bits per heavy atom. The van der Waals surface area contributed by atoms with Crippen LogP contribution in [-0.2, 0) is 0 Å². The van der Waals surface area contributed by atoms with Gasteiger partial charge >= 0.3 is 0 Å². The fourth-order valence-electron chi connectivity index (χ4n) is 7.75. The summed E-state index contributed by atoms with van der Waals surface area (Å²) in [6, 6.07) is 46.1. The Labute approximate surface area is 327 Å². The largest absolute Gasteiger partial charge is 0.347 e. The zero-order chi connectivity index (χ0) is 38.1. The van der Waals surface area contributed by atoms with Crippen molar-refractivity contribution in [3.05, 3.63) is 222 Å². The van der Waals surface area contributed by atoms with Gasteiger partial charge in [-0.15, -0.1) is 0 Å². The summed E-state index contributed by atoms with van der Waals surface area (Å²) in [7, 11) is 2.21. The molecule has 2 atom stereocenters. The summed E-state index contributed by atoms with van der Waals surface area (Å²) in [4.78, 5) is 4.72. The summed E-state index contributed by atoms with van der Waals surface area (Å²) < 4.78 is 0. The summed E-state index contributed by atoms with van der Waals surface area (Å²) in [5.41, 5.74) is 13.0. The van der Waals surface area contributed by atoms with Gasteiger partial charge in [0, 0.05) is 52.6 Å². The van der Waals surface area contributed by atoms with Gasteiger partial charge in [-0.05, 0) is 101 Å². The van der Waals surface area contributed by atoms with Gasteiger partial charge in [0.15, 0.2) is 0 Å². The molecule has 5 aromatic rings. The van der Waals surface area contributed by atoms with Crippen LogP contribution < -0.4 is 20.2 Å². The highest BCUT2D eigenvalue weighted by atomic mass is 15.1. The molecule has 0 fully saturated rings. The second-order valence-corrected chi connectivity index (χ2v) is 14.1. The van der Waals surface area contributed by atoms with Gasteiger partial charge in [0.05, 0.1) is 0 Å². The summed E-state index contributed by atoms with van der Waals surface area (Å²) in [5, 5.41) is 2.62. The normalized spacial score (nSPS) is 16.7. The van der Waals surface area contributed by atoms with Crippen molar-refractivity contribution in [3.8, 4) is 11.1 Å². The maximum absolute atomic E-state index is 4.05. The molecule has 0 amide bonds. The van der Waals surface area contributed by atoms with Crippen LogP contribution in [0.1, 0.15) is 38.3 Å². The van der Waals surface area contributed by atoms with Crippen molar-refractivity contribution in [2.45, 2.75) is 27.2 Å². The molecule has 0 aromatic heterocycles. The molecule has 0 N–H and O–H groups in total. The van der Waals surface area contributed by atoms with Crippen LogP contribution in [-0.4, -0.2) is 7.05 Å². The minimum Gasteiger partial charge on any atom is -0.347 e. The third-order valence-electron chi connectivity index (χ3n) is 10.7. The van der Waals surface area contributed by atoms with Gasteiger partial charge in [-0.25, -0.2) is 0 Å². The van der Waals surface area contributed by atoms with E-state index >= 15 is 0 Å². The lowest BCUT2D eigenvalue weighted by molar-refractivity contribution is 0.686. The molecule has 2 heteroatoms. The molecule has 0 spiro atoms. The zero-order valence-electron chi connectivity index (χ0n) is 32.4. The van der Waals surface area contributed by atoms with Crippen LogP contribution in [0.2, 0.25) is 0 Å². The topological polar surface area (TPSA) is 6.48 Å². The standard InChI is InChI=1S/C53H50N2/c1-6-9-17-40(7-2)43-28-34-49(35-29-43)55(50-36-30-45(31-37-50)42-18-11-10-12-19-42)39(4)24-25-41(8-3)44-26-32-48(33-27-44)54(5)53-51-22-15-13-20-46(51)38-47-21-14-16-23-52(47)53/h6-7,9-38,46,51H,2,8H2,1,3-5H3/b9-6-,39-24+,40-17+,41-25+/t46?,51-/m0/s1. The van der Waals surface area contributed by atoms with E-state index in [0.29, 0.717) is 11.8 Å². The van der Waals surface area contributed by atoms with E-state index in [4.69, 9.17) is 0 Å².